The average molecular weight is 334 g/mol. The van der Waals surface area contributed by atoms with Crippen molar-refractivity contribution >= 4 is 6.03 Å². The highest BCUT2D eigenvalue weighted by Crippen LogP contribution is 2.31. The molecule has 0 heterocycles. The van der Waals surface area contributed by atoms with Crippen molar-refractivity contribution in [3.05, 3.63) is 29.8 Å². The summed E-state index contributed by atoms with van der Waals surface area (Å²) in [6, 6.07) is 3.74. The van der Waals surface area contributed by atoms with E-state index in [9.17, 15) is 18.0 Å². The van der Waals surface area contributed by atoms with Gasteiger partial charge in [0.15, 0.2) is 0 Å². The molecule has 1 aromatic rings. The summed E-state index contributed by atoms with van der Waals surface area (Å²) in [5, 5.41) is 13.9. The molecule has 3 N–H and O–H groups in total. The number of nitrogens with one attached hydrogen (secondary N) is 2. The summed E-state index contributed by atoms with van der Waals surface area (Å²) in [6.07, 6.45) is -4.39. The van der Waals surface area contributed by atoms with E-state index < -0.39 is 23.9 Å². The Morgan fingerprint density at radius 1 is 1.39 bits per heavy atom. The van der Waals surface area contributed by atoms with Crippen LogP contribution in [0.5, 0.6) is 5.75 Å². The summed E-state index contributed by atoms with van der Waals surface area (Å²) >= 11 is 0. The lowest BCUT2D eigenvalue weighted by molar-refractivity contribution is -0.137. The fraction of sp³-hybridized carbons (Fsp3) is 0.533. The number of aliphatic hydroxyl groups excluding tert-OH is 1. The van der Waals surface area contributed by atoms with Gasteiger partial charge in [-0.05, 0) is 31.5 Å². The molecule has 0 spiro atoms. The minimum atomic E-state index is -4.43. The lowest BCUT2D eigenvalue weighted by Crippen LogP contribution is -2.45. The van der Waals surface area contributed by atoms with Crippen molar-refractivity contribution in [2.75, 3.05) is 13.2 Å². The van der Waals surface area contributed by atoms with Gasteiger partial charge in [-0.1, -0.05) is 13.0 Å². The van der Waals surface area contributed by atoms with Gasteiger partial charge in [-0.2, -0.15) is 13.2 Å². The molecule has 0 aliphatic rings. The van der Waals surface area contributed by atoms with Crippen molar-refractivity contribution in [1.82, 2.24) is 10.6 Å². The zero-order valence-electron chi connectivity index (χ0n) is 13.0. The van der Waals surface area contributed by atoms with Gasteiger partial charge in [0, 0.05) is 0 Å². The molecule has 0 aliphatic heterocycles. The number of ether oxygens (including phenoxy) is 1. The van der Waals surface area contributed by atoms with Gasteiger partial charge in [0.2, 0.25) is 0 Å². The molecule has 1 aromatic carbocycles. The molecule has 1 rings (SSSR count). The quantitative estimate of drug-likeness (QED) is 0.718. The average Bonchev–Trinajstić information content (AvgIpc) is 2.50. The fourth-order valence-corrected chi connectivity index (χ4v) is 1.73. The standard InChI is InChI=1S/C15H21F3N2O3/c1-3-12(8-19-14(22)20-10(2)9-21)23-13-6-4-5-11(7-13)15(16,17)18/h4-7,10,12,21H,3,8-9H2,1-2H3,(H2,19,20,22). The van der Waals surface area contributed by atoms with Crippen molar-refractivity contribution in [1.29, 1.82) is 0 Å². The topological polar surface area (TPSA) is 70.6 Å². The normalized spacial score (nSPS) is 14.0. The number of benzene rings is 1. The van der Waals surface area contributed by atoms with Crippen LogP contribution in [0.1, 0.15) is 25.8 Å². The van der Waals surface area contributed by atoms with Crippen molar-refractivity contribution < 1.29 is 27.8 Å². The maximum atomic E-state index is 12.7. The molecule has 8 heteroatoms. The summed E-state index contributed by atoms with van der Waals surface area (Å²) in [4.78, 5) is 11.5. The highest BCUT2D eigenvalue weighted by atomic mass is 19.4. The first-order valence-corrected chi connectivity index (χ1v) is 7.25. The van der Waals surface area contributed by atoms with Gasteiger partial charge in [-0.3, -0.25) is 0 Å². The summed E-state index contributed by atoms with van der Waals surface area (Å²) < 4.78 is 43.5. The van der Waals surface area contributed by atoms with Crippen LogP contribution in [-0.2, 0) is 6.18 Å². The molecular weight excluding hydrogens is 313 g/mol. The number of urea groups is 1. The van der Waals surface area contributed by atoms with Crippen LogP contribution in [0.3, 0.4) is 0 Å². The highest BCUT2D eigenvalue weighted by molar-refractivity contribution is 5.74. The second-order valence-corrected chi connectivity index (χ2v) is 5.11. The predicted molar refractivity (Wildman–Crippen MR) is 79.2 cm³/mol. The second kappa shape index (κ2) is 8.61. The maximum absolute atomic E-state index is 12.7. The lowest BCUT2D eigenvalue weighted by Gasteiger charge is -2.20. The van der Waals surface area contributed by atoms with Crippen molar-refractivity contribution in [3.8, 4) is 5.75 Å². The van der Waals surface area contributed by atoms with Crippen LogP contribution in [0.4, 0.5) is 18.0 Å². The molecule has 0 saturated carbocycles. The number of carbonyl (C=O) groups excluding carboxylic acids is 1. The van der Waals surface area contributed by atoms with E-state index in [1.165, 1.54) is 12.1 Å². The second-order valence-electron chi connectivity index (χ2n) is 5.11. The van der Waals surface area contributed by atoms with E-state index >= 15 is 0 Å². The monoisotopic (exact) mass is 334 g/mol. The number of amides is 2. The molecule has 130 valence electrons. The Morgan fingerprint density at radius 3 is 2.65 bits per heavy atom. The first-order valence-electron chi connectivity index (χ1n) is 7.25. The predicted octanol–water partition coefficient (Wildman–Crippen LogP) is 2.54. The van der Waals surface area contributed by atoms with Crippen LogP contribution in [0.25, 0.3) is 0 Å². The third-order valence-corrected chi connectivity index (χ3v) is 3.06. The number of alkyl halides is 3. The van der Waals surface area contributed by atoms with E-state index in [4.69, 9.17) is 9.84 Å². The molecule has 2 atom stereocenters. The molecule has 0 bridgehead atoms. The summed E-state index contributed by atoms with van der Waals surface area (Å²) in [7, 11) is 0. The molecule has 0 aromatic heterocycles. The molecule has 0 radical (unpaired) electrons. The van der Waals surface area contributed by atoms with Gasteiger partial charge < -0.3 is 20.5 Å². The minimum absolute atomic E-state index is 0.0950. The molecular formula is C15H21F3N2O3. The van der Waals surface area contributed by atoms with Crippen LogP contribution in [0.15, 0.2) is 24.3 Å². The van der Waals surface area contributed by atoms with Gasteiger partial charge in [0.05, 0.1) is 24.8 Å². The Morgan fingerprint density at radius 2 is 2.09 bits per heavy atom. The third-order valence-electron chi connectivity index (χ3n) is 3.06. The first kappa shape index (κ1) is 19.1. The van der Waals surface area contributed by atoms with E-state index in [1.807, 2.05) is 0 Å². The van der Waals surface area contributed by atoms with Crippen LogP contribution in [-0.4, -0.2) is 36.4 Å². The van der Waals surface area contributed by atoms with E-state index in [2.05, 4.69) is 10.6 Å². The Labute approximate surface area is 132 Å². The Hall–Kier alpha value is -1.96. The summed E-state index contributed by atoms with van der Waals surface area (Å²) in [5.74, 6) is 0.0950. The smallest absolute Gasteiger partial charge is 0.416 e. The van der Waals surface area contributed by atoms with Gasteiger partial charge in [-0.25, -0.2) is 4.79 Å². The lowest BCUT2D eigenvalue weighted by atomic mass is 10.2. The maximum Gasteiger partial charge on any atom is 0.416 e. The molecule has 0 fully saturated rings. The van der Waals surface area contributed by atoms with E-state index in [0.717, 1.165) is 12.1 Å². The summed E-state index contributed by atoms with van der Waals surface area (Å²) in [6.45, 7) is 3.38. The minimum Gasteiger partial charge on any atom is -0.489 e. The fourth-order valence-electron chi connectivity index (χ4n) is 1.73. The van der Waals surface area contributed by atoms with Crippen molar-refractivity contribution in [2.45, 2.75) is 38.6 Å². The van der Waals surface area contributed by atoms with E-state index in [0.29, 0.717) is 6.42 Å². The van der Waals surface area contributed by atoms with E-state index in [1.54, 1.807) is 13.8 Å². The molecule has 0 aliphatic carbocycles. The highest BCUT2D eigenvalue weighted by Gasteiger charge is 2.30. The van der Waals surface area contributed by atoms with Crippen LogP contribution in [0.2, 0.25) is 0 Å². The van der Waals surface area contributed by atoms with Gasteiger partial charge in [-0.15, -0.1) is 0 Å². The number of halogens is 3. The molecule has 23 heavy (non-hydrogen) atoms. The number of hydrogen-bond donors (Lipinski definition) is 3. The first-order chi connectivity index (χ1) is 10.8. The largest absolute Gasteiger partial charge is 0.489 e. The van der Waals surface area contributed by atoms with Crippen LogP contribution < -0.4 is 15.4 Å². The molecule has 2 amide bonds. The number of aliphatic hydroxyl groups is 1. The zero-order valence-corrected chi connectivity index (χ0v) is 13.0. The number of hydrogen-bond acceptors (Lipinski definition) is 3. The Kier molecular flexibility index (Phi) is 7.15. The SMILES string of the molecule is CCC(CNC(=O)NC(C)CO)Oc1cccc(C(F)(F)F)c1. The summed E-state index contributed by atoms with van der Waals surface area (Å²) in [5.41, 5.74) is -0.785. The van der Waals surface area contributed by atoms with Crippen molar-refractivity contribution in [3.63, 3.8) is 0 Å². The van der Waals surface area contributed by atoms with Crippen molar-refractivity contribution in [2.24, 2.45) is 0 Å². The third kappa shape index (κ3) is 6.77. The van der Waals surface area contributed by atoms with E-state index in [-0.39, 0.29) is 24.9 Å². The zero-order chi connectivity index (χ0) is 17.5. The van der Waals surface area contributed by atoms with Gasteiger partial charge >= 0.3 is 12.2 Å². The molecule has 0 saturated heterocycles. The van der Waals surface area contributed by atoms with Crippen LogP contribution >= 0.6 is 0 Å². The van der Waals surface area contributed by atoms with Crippen LogP contribution in [0, 0.1) is 0 Å². The van der Waals surface area contributed by atoms with Gasteiger partial charge in [0.25, 0.3) is 0 Å². The molecule has 5 nitrogen and oxygen atoms in total. The number of rotatable bonds is 7. The Bertz CT molecular complexity index is 509. The van der Waals surface area contributed by atoms with Gasteiger partial charge in [0.1, 0.15) is 11.9 Å². The number of carbonyl (C=O) groups is 1. The molecule has 2 unspecified atom stereocenters. The Balaban J connectivity index is 2.58.